The summed E-state index contributed by atoms with van der Waals surface area (Å²) >= 11 is 0. The Balaban J connectivity index is 1.83. The molecule has 2 aromatic rings. The summed E-state index contributed by atoms with van der Waals surface area (Å²) in [5, 5.41) is 6.29. The number of rotatable bonds is 7. The highest BCUT2D eigenvalue weighted by Gasteiger charge is 2.06. The van der Waals surface area contributed by atoms with Gasteiger partial charge in [0.1, 0.15) is 5.75 Å². The Morgan fingerprint density at radius 2 is 1.64 bits per heavy atom. The highest BCUT2D eigenvalue weighted by Crippen LogP contribution is 2.22. The first-order valence-electron chi connectivity index (χ1n) is 8.73. The van der Waals surface area contributed by atoms with Gasteiger partial charge in [0.15, 0.2) is 0 Å². The number of ether oxygens (including phenoxy) is 1. The van der Waals surface area contributed by atoms with Gasteiger partial charge in [-0.15, -0.1) is 0 Å². The van der Waals surface area contributed by atoms with Crippen LogP contribution >= 0.6 is 0 Å². The molecule has 0 bridgehead atoms. The number of nitrogens with one attached hydrogen (secondary N) is 2. The summed E-state index contributed by atoms with van der Waals surface area (Å²) in [6.07, 6.45) is 0.553. The van der Waals surface area contributed by atoms with E-state index in [0.717, 1.165) is 17.1 Å². The van der Waals surface area contributed by atoms with Gasteiger partial charge in [0, 0.05) is 24.3 Å². The highest BCUT2D eigenvalue weighted by molar-refractivity contribution is 5.91. The van der Waals surface area contributed by atoms with Crippen molar-refractivity contribution in [2.24, 2.45) is 0 Å². The summed E-state index contributed by atoms with van der Waals surface area (Å²) in [5.74, 6) is 0.799. The minimum absolute atomic E-state index is 0.00699. The monoisotopic (exact) mass is 340 g/mol. The quantitative estimate of drug-likeness (QED) is 0.758. The summed E-state index contributed by atoms with van der Waals surface area (Å²) < 4.78 is 5.60. The van der Waals surface area contributed by atoms with Crippen LogP contribution in [0.5, 0.6) is 5.75 Å². The van der Waals surface area contributed by atoms with Crippen molar-refractivity contribution in [1.29, 1.82) is 0 Å². The first-order valence-corrected chi connectivity index (χ1v) is 8.73. The van der Waals surface area contributed by atoms with Crippen LogP contribution in [0.2, 0.25) is 0 Å². The van der Waals surface area contributed by atoms with Crippen LogP contribution in [0.15, 0.2) is 36.4 Å². The molecule has 0 saturated carbocycles. The van der Waals surface area contributed by atoms with E-state index in [4.69, 9.17) is 4.74 Å². The lowest BCUT2D eigenvalue weighted by Gasteiger charge is -2.14. The largest absolute Gasteiger partial charge is 0.491 e. The fourth-order valence-electron chi connectivity index (χ4n) is 2.87. The van der Waals surface area contributed by atoms with E-state index in [0.29, 0.717) is 13.0 Å². The van der Waals surface area contributed by atoms with Gasteiger partial charge in [0.2, 0.25) is 5.91 Å². The Morgan fingerprint density at radius 1 is 1.04 bits per heavy atom. The summed E-state index contributed by atoms with van der Waals surface area (Å²) in [5.41, 5.74) is 5.57. The van der Waals surface area contributed by atoms with Gasteiger partial charge < -0.3 is 15.4 Å². The van der Waals surface area contributed by atoms with Gasteiger partial charge in [0.25, 0.3) is 0 Å². The summed E-state index contributed by atoms with van der Waals surface area (Å²) in [4.78, 5) is 12.1. The molecule has 0 heterocycles. The summed E-state index contributed by atoms with van der Waals surface area (Å²) in [6, 6.07) is 11.8. The van der Waals surface area contributed by atoms with Crippen molar-refractivity contribution in [2.45, 2.75) is 47.1 Å². The number of carbonyl (C=O) groups excluding carboxylic acids is 1. The van der Waals surface area contributed by atoms with Crippen LogP contribution in [0.3, 0.4) is 0 Å². The average Bonchev–Trinajstić information content (AvgIpc) is 2.51. The second kappa shape index (κ2) is 8.56. The lowest BCUT2D eigenvalue weighted by atomic mass is 10.1. The van der Waals surface area contributed by atoms with Crippen LogP contribution < -0.4 is 15.4 Å². The van der Waals surface area contributed by atoms with E-state index >= 15 is 0 Å². The van der Waals surface area contributed by atoms with Crippen LogP contribution in [0.1, 0.15) is 37.0 Å². The minimum atomic E-state index is -0.00699. The fourth-order valence-corrected chi connectivity index (χ4v) is 2.87. The number of anilines is 2. The van der Waals surface area contributed by atoms with Crippen molar-refractivity contribution in [3.8, 4) is 5.75 Å². The topological polar surface area (TPSA) is 50.4 Å². The fraction of sp³-hybridized carbons (Fsp3) is 0.381. The smallest absolute Gasteiger partial charge is 0.226 e. The van der Waals surface area contributed by atoms with Gasteiger partial charge in [-0.2, -0.15) is 0 Å². The first-order chi connectivity index (χ1) is 11.8. The molecule has 0 radical (unpaired) electrons. The summed E-state index contributed by atoms with van der Waals surface area (Å²) in [6.45, 7) is 10.8. The van der Waals surface area contributed by atoms with E-state index in [1.165, 1.54) is 16.7 Å². The Morgan fingerprint density at radius 3 is 2.20 bits per heavy atom. The molecule has 134 valence electrons. The van der Waals surface area contributed by atoms with Gasteiger partial charge >= 0.3 is 0 Å². The maximum atomic E-state index is 12.1. The molecule has 0 unspecified atom stereocenters. The van der Waals surface area contributed by atoms with Crippen molar-refractivity contribution in [2.75, 3.05) is 17.2 Å². The van der Waals surface area contributed by atoms with Crippen molar-refractivity contribution in [1.82, 2.24) is 0 Å². The molecule has 0 aliphatic heterocycles. The van der Waals surface area contributed by atoms with Gasteiger partial charge in [-0.3, -0.25) is 4.79 Å². The molecule has 0 saturated heterocycles. The van der Waals surface area contributed by atoms with Crippen molar-refractivity contribution >= 4 is 17.3 Å². The lowest BCUT2D eigenvalue weighted by Crippen LogP contribution is -2.17. The second-order valence-corrected chi connectivity index (χ2v) is 6.69. The number of aryl methyl sites for hydroxylation is 3. The molecule has 0 aliphatic carbocycles. The minimum Gasteiger partial charge on any atom is -0.491 e. The van der Waals surface area contributed by atoms with Crippen molar-refractivity contribution < 1.29 is 9.53 Å². The molecule has 4 nitrogen and oxygen atoms in total. The van der Waals surface area contributed by atoms with Gasteiger partial charge in [0.05, 0.1) is 6.10 Å². The zero-order valence-electron chi connectivity index (χ0n) is 15.8. The molecule has 2 rings (SSSR count). The third kappa shape index (κ3) is 5.82. The van der Waals surface area contributed by atoms with Crippen molar-refractivity contribution in [3.63, 3.8) is 0 Å². The Labute approximate surface area is 150 Å². The van der Waals surface area contributed by atoms with Crippen molar-refractivity contribution in [3.05, 3.63) is 53.1 Å². The molecular formula is C21H28N2O2. The van der Waals surface area contributed by atoms with Crippen LogP contribution in [0.4, 0.5) is 11.4 Å². The Hall–Kier alpha value is -2.49. The zero-order chi connectivity index (χ0) is 18.4. The van der Waals surface area contributed by atoms with E-state index in [2.05, 4.69) is 43.5 Å². The Kier molecular flexibility index (Phi) is 6.45. The lowest BCUT2D eigenvalue weighted by molar-refractivity contribution is -0.115. The zero-order valence-corrected chi connectivity index (χ0v) is 15.8. The molecule has 0 atom stereocenters. The standard InChI is InChI=1S/C21H28N2O2/c1-14(2)25-19-8-6-18(7-9-19)23-20(24)10-11-22-21-16(4)12-15(3)13-17(21)5/h6-9,12-14,22H,10-11H2,1-5H3,(H,23,24). The maximum absolute atomic E-state index is 12.1. The van der Waals surface area contributed by atoms with Gasteiger partial charge in [-0.25, -0.2) is 0 Å². The number of benzene rings is 2. The molecule has 1 amide bonds. The molecule has 0 aromatic heterocycles. The van der Waals surface area contributed by atoms with Gasteiger partial charge in [-0.05, 0) is 70.0 Å². The Bertz CT molecular complexity index is 698. The summed E-state index contributed by atoms with van der Waals surface area (Å²) in [7, 11) is 0. The predicted molar refractivity (Wildman–Crippen MR) is 105 cm³/mol. The molecule has 0 fully saturated rings. The molecule has 0 spiro atoms. The van der Waals surface area contributed by atoms with Gasteiger partial charge in [-0.1, -0.05) is 17.7 Å². The second-order valence-electron chi connectivity index (χ2n) is 6.69. The van der Waals surface area contributed by atoms with E-state index in [-0.39, 0.29) is 12.0 Å². The van der Waals surface area contributed by atoms with Crippen LogP contribution in [-0.2, 0) is 4.79 Å². The maximum Gasteiger partial charge on any atom is 0.226 e. The van der Waals surface area contributed by atoms with E-state index < -0.39 is 0 Å². The number of hydrogen-bond acceptors (Lipinski definition) is 3. The van der Waals surface area contributed by atoms with E-state index in [9.17, 15) is 4.79 Å². The normalized spacial score (nSPS) is 10.6. The predicted octanol–water partition coefficient (Wildman–Crippen LogP) is 4.84. The van der Waals surface area contributed by atoms with Crippen LogP contribution in [-0.4, -0.2) is 18.6 Å². The number of carbonyl (C=O) groups is 1. The molecule has 2 N–H and O–H groups in total. The number of amides is 1. The number of hydrogen-bond donors (Lipinski definition) is 2. The van der Waals surface area contributed by atoms with E-state index in [1.54, 1.807) is 0 Å². The first kappa shape index (κ1) is 18.8. The highest BCUT2D eigenvalue weighted by atomic mass is 16.5. The van der Waals surface area contributed by atoms with Crippen LogP contribution in [0.25, 0.3) is 0 Å². The molecule has 2 aromatic carbocycles. The molecule has 4 heteroatoms. The molecule has 25 heavy (non-hydrogen) atoms. The molecule has 0 aliphatic rings. The average molecular weight is 340 g/mol. The SMILES string of the molecule is Cc1cc(C)c(NCCC(=O)Nc2ccc(OC(C)C)cc2)c(C)c1. The third-order valence-corrected chi connectivity index (χ3v) is 3.84. The van der Waals surface area contributed by atoms with Crippen LogP contribution in [0, 0.1) is 20.8 Å². The van der Waals surface area contributed by atoms with E-state index in [1.807, 2.05) is 38.1 Å². The third-order valence-electron chi connectivity index (χ3n) is 3.84. The molecular weight excluding hydrogens is 312 g/mol.